The Morgan fingerprint density at radius 2 is 1.95 bits per heavy atom. The zero-order valence-electron chi connectivity index (χ0n) is 22.8. The summed E-state index contributed by atoms with van der Waals surface area (Å²) >= 11 is 1.54. The molecule has 4 aromatic rings. The molecule has 0 atom stereocenters. The minimum atomic E-state index is -3.07. The van der Waals surface area contributed by atoms with Crippen molar-refractivity contribution < 1.29 is 23.1 Å². The molecule has 0 aliphatic carbocycles. The second-order valence-corrected chi connectivity index (χ2v) is 11.5. The number of halogens is 2. The highest BCUT2D eigenvalue weighted by Gasteiger charge is 2.25. The van der Waals surface area contributed by atoms with E-state index < -0.39 is 12.5 Å². The normalized spacial score (nSPS) is 14.3. The third-order valence-corrected chi connectivity index (χ3v) is 7.48. The van der Waals surface area contributed by atoms with Crippen molar-refractivity contribution in [1.29, 1.82) is 0 Å². The zero-order valence-corrected chi connectivity index (χ0v) is 23.6. The van der Waals surface area contributed by atoms with E-state index in [0.717, 1.165) is 18.0 Å². The monoisotopic (exact) mass is 584 g/mol. The van der Waals surface area contributed by atoms with Gasteiger partial charge in [-0.25, -0.2) is 9.50 Å². The van der Waals surface area contributed by atoms with Crippen molar-refractivity contribution in [1.82, 2.24) is 34.2 Å². The number of aromatic nitrogens is 5. The molecular formula is C27H30F2N8O3S. The molecule has 0 radical (unpaired) electrons. The number of alkyl halides is 2. The molecule has 0 unspecified atom stereocenters. The Balaban J connectivity index is 1.53. The number of hydrogen-bond donors (Lipinski definition) is 1. The molecule has 0 saturated carbocycles. The second kappa shape index (κ2) is 12.2. The van der Waals surface area contributed by atoms with Gasteiger partial charge in [-0.1, -0.05) is 13.8 Å². The number of carbonyl (C=O) groups is 2. The summed E-state index contributed by atoms with van der Waals surface area (Å²) in [5.41, 5.74) is 1.24. The molecule has 4 heterocycles. The maximum atomic E-state index is 13.4. The Morgan fingerprint density at radius 3 is 2.68 bits per heavy atom. The van der Waals surface area contributed by atoms with Gasteiger partial charge in [0.1, 0.15) is 23.6 Å². The number of likely N-dealkylation sites (N-methyl/N-ethyl adjacent to an activating group) is 1. The van der Waals surface area contributed by atoms with Gasteiger partial charge >= 0.3 is 6.61 Å². The van der Waals surface area contributed by atoms with Crippen molar-refractivity contribution in [3.63, 3.8) is 0 Å². The number of piperazine rings is 1. The number of rotatable bonds is 9. The molecule has 1 aromatic carbocycles. The van der Waals surface area contributed by atoms with Crippen molar-refractivity contribution in [2.75, 3.05) is 38.5 Å². The van der Waals surface area contributed by atoms with E-state index in [4.69, 9.17) is 4.74 Å². The van der Waals surface area contributed by atoms with Crippen LogP contribution in [0, 0.1) is 0 Å². The van der Waals surface area contributed by atoms with Gasteiger partial charge in [0.05, 0.1) is 11.9 Å². The number of hydrogen-bond acceptors (Lipinski definition) is 8. The number of fused-ring (bicyclic) bond motifs is 1. The third kappa shape index (κ3) is 6.65. The summed E-state index contributed by atoms with van der Waals surface area (Å²) in [4.78, 5) is 35.4. The SMILES string of the molecule is CC(C)Sc1ccc(OC(F)F)c(-c2nn(CC(=O)N3CCN(C)CC3)cc2NC(=O)c2cnn3cccnc23)c1. The summed E-state index contributed by atoms with van der Waals surface area (Å²) < 4.78 is 34.5. The third-order valence-electron chi connectivity index (χ3n) is 6.48. The van der Waals surface area contributed by atoms with Crippen molar-refractivity contribution in [3.05, 3.63) is 54.6 Å². The highest BCUT2D eigenvalue weighted by atomic mass is 32.2. The van der Waals surface area contributed by atoms with Crippen LogP contribution in [-0.2, 0) is 11.3 Å². The van der Waals surface area contributed by atoms with Crippen molar-refractivity contribution in [2.24, 2.45) is 0 Å². The van der Waals surface area contributed by atoms with Crippen molar-refractivity contribution in [3.8, 4) is 17.0 Å². The molecule has 3 aromatic heterocycles. The Morgan fingerprint density at radius 1 is 1.17 bits per heavy atom. The quantitative estimate of drug-likeness (QED) is 0.297. The fraction of sp³-hybridized carbons (Fsp3) is 0.370. The molecule has 1 fully saturated rings. The molecule has 2 amide bonds. The minimum absolute atomic E-state index is 0.0870. The number of amides is 2. The largest absolute Gasteiger partial charge is 0.434 e. The maximum absolute atomic E-state index is 13.4. The highest BCUT2D eigenvalue weighted by molar-refractivity contribution is 7.99. The van der Waals surface area contributed by atoms with E-state index in [9.17, 15) is 18.4 Å². The van der Waals surface area contributed by atoms with Gasteiger partial charge in [0.25, 0.3) is 5.91 Å². The van der Waals surface area contributed by atoms with Crippen LogP contribution in [-0.4, -0.2) is 91.1 Å². The molecule has 216 valence electrons. The lowest BCUT2D eigenvalue weighted by atomic mass is 10.1. The molecular weight excluding hydrogens is 554 g/mol. The van der Waals surface area contributed by atoms with Gasteiger partial charge in [-0.2, -0.15) is 19.0 Å². The first-order chi connectivity index (χ1) is 19.7. The van der Waals surface area contributed by atoms with Crippen LogP contribution in [0.2, 0.25) is 0 Å². The van der Waals surface area contributed by atoms with E-state index in [0.29, 0.717) is 18.7 Å². The van der Waals surface area contributed by atoms with Crippen LogP contribution in [0.1, 0.15) is 24.2 Å². The lowest BCUT2D eigenvalue weighted by molar-refractivity contribution is -0.133. The van der Waals surface area contributed by atoms with E-state index in [1.54, 1.807) is 47.3 Å². The van der Waals surface area contributed by atoms with E-state index in [2.05, 4.69) is 25.4 Å². The Hall–Kier alpha value is -4.04. The number of anilines is 1. The smallest absolute Gasteiger partial charge is 0.387 e. The molecule has 0 bridgehead atoms. The molecule has 41 heavy (non-hydrogen) atoms. The standard InChI is InChI=1S/C27H30F2N8O3S/c1-17(2)41-18-5-6-22(40-27(28)29)19(13-18)24-21(32-26(39)20-14-31-37-8-4-7-30-25(20)37)15-36(33-24)16-23(38)35-11-9-34(3)10-12-35/h4-8,13-15,17,27H,9-12,16H2,1-3H3,(H,32,39). The lowest BCUT2D eigenvalue weighted by Crippen LogP contribution is -2.48. The van der Waals surface area contributed by atoms with E-state index in [1.807, 2.05) is 20.9 Å². The molecule has 5 rings (SSSR count). The zero-order chi connectivity index (χ0) is 29.1. The average Bonchev–Trinajstić information content (AvgIpc) is 3.53. The molecule has 1 aliphatic rings. The van der Waals surface area contributed by atoms with Crippen LogP contribution in [0.15, 0.2) is 53.9 Å². The molecule has 11 nitrogen and oxygen atoms in total. The summed E-state index contributed by atoms with van der Waals surface area (Å²) in [5.74, 6) is -0.754. The van der Waals surface area contributed by atoms with Gasteiger partial charge in [-0.05, 0) is 31.3 Å². The number of nitrogens with zero attached hydrogens (tertiary/aromatic N) is 7. The number of thioether (sulfide) groups is 1. The van der Waals surface area contributed by atoms with Gasteiger partial charge in [0.2, 0.25) is 5.91 Å². The van der Waals surface area contributed by atoms with Gasteiger partial charge in [-0.15, -0.1) is 11.8 Å². The van der Waals surface area contributed by atoms with Crippen LogP contribution in [0.5, 0.6) is 5.75 Å². The van der Waals surface area contributed by atoms with Crippen LogP contribution < -0.4 is 10.1 Å². The Kier molecular flexibility index (Phi) is 8.49. The van der Waals surface area contributed by atoms with Gasteiger partial charge in [-0.3, -0.25) is 14.3 Å². The van der Waals surface area contributed by atoms with Crippen LogP contribution >= 0.6 is 11.8 Å². The van der Waals surface area contributed by atoms with Gasteiger partial charge in [0.15, 0.2) is 5.65 Å². The average molecular weight is 585 g/mol. The van der Waals surface area contributed by atoms with Gasteiger partial charge in [0, 0.05) is 60.5 Å². The van der Waals surface area contributed by atoms with E-state index in [1.165, 1.54) is 27.7 Å². The Labute approximate surface area is 239 Å². The number of benzene rings is 1. The van der Waals surface area contributed by atoms with Crippen molar-refractivity contribution in [2.45, 2.75) is 37.1 Å². The van der Waals surface area contributed by atoms with Crippen molar-refractivity contribution >= 4 is 34.9 Å². The summed E-state index contributed by atoms with van der Waals surface area (Å²) in [7, 11) is 2.00. The second-order valence-electron chi connectivity index (χ2n) is 9.88. The maximum Gasteiger partial charge on any atom is 0.387 e. The van der Waals surface area contributed by atoms with Gasteiger partial charge < -0.3 is 19.9 Å². The first-order valence-electron chi connectivity index (χ1n) is 13.1. The highest BCUT2D eigenvalue weighted by Crippen LogP contribution is 2.39. The molecule has 1 aliphatic heterocycles. The summed E-state index contributed by atoms with van der Waals surface area (Å²) in [5, 5.41) is 11.8. The fourth-order valence-corrected chi connectivity index (χ4v) is 5.38. The predicted molar refractivity (Wildman–Crippen MR) is 150 cm³/mol. The predicted octanol–water partition coefficient (Wildman–Crippen LogP) is 3.72. The van der Waals surface area contributed by atoms with Crippen LogP contribution in [0.3, 0.4) is 0 Å². The topological polar surface area (TPSA) is 110 Å². The first kappa shape index (κ1) is 28.5. The summed E-state index contributed by atoms with van der Waals surface area (Å²) in [6.07, 6.45) is 6.13. The summed E-state index contributed by atoms with van der Waals surface area (Å²) in [6, 6.07) is 6.54. The molecule has 0 spiro atoms. The van der Waals surface area contributed by atoms with Crippen LogP contribution in [0.4, 0.5) is 14.5 Å². The van der Waals surface area contributed by atoms with E-state index >= 15 is 0 Å². The summed E-state index contributed by atoms with van der Waals surface area (Å²) in [6.45, 7) is 3.59. The Bertz CT molecular complexity index is 1550. The number of carbonyl (C=O) groups excluding carboxylic acids is 2. The fourth-order valence-electron chi connectivity index (χ4n) is 4.50. The molecule has 1 N–H and O–H groups in total. The number of ether oxygens (including phenoxy) is 1. The first-order valence-corrected chi connectivity index (χ1v) is 13.9. The number of nitrogens with one attached hydrogen (secondary N) is 1. The molecule has 1 saturated heterocycles. The minimum Gasteiger partial charge on any atom is -0.434 e. The van der Waals surface area contributed by atoms with Crippen LogP contribution in [0.25, 0.3) is 16.9 Å². The molecule has 14 heteroatoms. The lowest BCUT2D eigenvalue weighted by Gasteiger charge is -2.32. The van der Waals surface area contributed by atoms with E-state index in [-0.39, 0.29) is 46.0 Å².